The second kappa shape index (κ2) is 5.59. The van der Waals surface area contributed by atoms with E-state index in [-0.39, 0.29) is 0 Å². The average Bonchev–Trinajstić information content (AvgIpc) is 2.89. The van der Waals surface area contributed by atoms with Crippen molar-refractivity contribution in [2.24, 2.45) is 10.9 Å². The van der Waals surface area contributed by atoms with Gasteiger partial charge >= 0.3 is 0 Å². The molecule has 0 atom stereocenters. The lowest BCUT2D eigenvalue weighted by atomic mass is 9.92. The predicted molar refractivity (Wildman–Crippen MR) is 104 cm³/mol. The molecule has 4 rings (SSSR count). The first-order chi connectivity index (χ1) is 11.5. The average molecular weight is 313 g/mol. The lowest BCUT2D eigenvalue weighted by Crippen LogP contribution is -2.02. The smallest absolute Gasteiger partial charge is 0.0789 e. The van der Waals surface area contributed by atoms with Crippen molar-refractivity contribution in [2.45, 2.75) is 34.1 Å². The second-order valence-electron chi connectivity index (χ2n) is 7.41. The van der Waals surface area contributed by atoms with Crippen LogP contribution in [0.4, 0.5) is 5.69 Å². The molecule has 3 aromatic carbocycles. The molecular weight excluding hydrogens is 290 g/mol. The highest BCUT2D eigenvalue weighted by atomic mass is 14.8. The number of aryl methyl sites for hydroxylation is 2. The van der Waals surface area contributed by atoms with Gasteiger partial charge in [-0.3, -0.25) is 0 Å². The fourth-order valence-corrected chi connectivity index (χ4v) is 3.87. The van der Waals surface area contributed by atoms with Crippen molar-refractivity contribution in [3.63, 3.8) is 0 Å². The molecule has 1 aliphatic rings. The summed E-state index contributed by atoms with van der Waals surface area (Å²) >= 11 is 0. The maximum Gasteiger partial charge on any atom is 0.0789 e. The van der Waals surface area contributed by atoms with Crippen molar-refractivity contribution in [3.8, 4) is 0 Å². The van der Waals surface area contributed by atoms with Crippen molar-refractivity contribution >= 4 is 22.2 Å². The predicted octanol–water partition coefficient (Wildman–Crippen LogP) is 6.14. The number of nitrogens with zero attached hydrogens (tertiary/aromatic N) is 1. The van der Waals surface area contributed by atoms with Crippen LogP contribution in [0.2, 0.25) is 0 Å². The summed E-state index contributed by atoms with van der Waals surface area (Å²) in [6, 6.07) is 17.8. The molecule has 0 N–H and O–H groups in total. The molecule has 0 spiro atoms. The molecule has 0 saturated heterocycles. The summed E-state index contributed by atoms with van der Waals surface area (Å²) in [7, 11) is 0. The van der Waals surface area contributed by atoms with Gasteiger partial charge in [-0.1, -0.05) is 55.3 Å². The largest absolute Gasteiger partial charge is 0.247 e. The third-order valence-electron chi connectivity index (χ3n) is 4.72. The molecule has 24 heavy (non-hydrogen) atoms. The Hall–Kier alpha value is -2.41. The van der Waals surface area contributed by atoms with Crippen LogP contribution in [-0.2, 0) is 6.42 Å². The van der Waals surface area contributed by atoms with E-state index in [1.165, 1.54) is 38.6 Å². The molecule has 0 aromatic heterocycles. The molecule has 0 bridgehead atoms. The van der Waals surface area contributed by atoms with Gasteiger partial charge in [-0.25, -0.2) is 4.99 Å². The number of hydrogen-bond acceptors (Lipinski definition) is 1. The number of benzene rings is 3. The second-order valence-corrected chi connectivity index (χ2v) is 7.41. The summed E-state index contributed by atoms with van der Waals surface area (Å²) in [6.07, 6.45) is 1.11. The van der Waals surface area contributed by atoms with Crippen LogP contribution in [0.25, 0.3) is 10.8 Å². The molecule has 0 radical (unpaired) electrons. The van der Waals surface area contributed by atoms with Crippen LogP contribution in [0.3, 0.4) is 0 Å². The van der Waals surface area contributed by atoms with E-state index in [0.29, 0.717) is 5.92 Å². The molecule has 1 heteroatoms. The third-order valence-corrected chi connectivity index (χ3v) is 4.72. The van der Waals surface area contributed by atoms with E-state index in [1.54, 1.807) is 0 Å². The molecule has 0 fully saturated rings. The summed E-state index contributed by atoms with van der Waals surface area (Å²) in [5.41, 5.74) is 8.74. The zero-order valence-corrected chi connectivity index (χ0v) is 14.9. The van der Waals surface area contributed by atoms with Crippen LogP contribution in [0.15, 0.2) is 53.5 Å². The van der Waals surface area contributed by atoms with E-state index in [0.717, 1.165) is 17.8 Å². The van der Waals surface area contributed by atoms with E-state index < -0.39 is 0 Å². The molecule has 0 aliphatic carbocycles. The minimum absolute atomic E-state index is 0.656. The monoisotopic (exact) mass is 313 g/mol. The summed E-state index contributed by atoms with van der Waals surface area (Å²) < 4.78 is 0. The highest BCUT2D eigenvalue weighted by Crippen LogP contribution is 2.39. The fraction of sp³-hybridized carbons (Fsp3) is 0.261. The van der Waals surface area contributed by atoms with E-state index >= 15 is 0 Å². The Morgan fingerprint density at radius 3 is 2.38 bits per heavy atom. The minimum atomic E-state index is 0.656. The molecule has 1 nitrogen and oxygen atoms in total. The van der Waals surface area contributed by atoms with Gasteiger partial charge in [0.2, 0.25) is 0 Å². The fourth-order valence-electron chi connectivity index (χ4n) is 3.87. The molecule has 3 aromatic rings. The molecule has 1 heterocycles. The number of hydrogen-bond donors (Lipinski definition) is 0. The molecule has 0 amide bonds. The molecule has 0 unspecified atom stereocenters. The molecule has 120 valence electrons. The van der Waals surface area contributed by atoms with Crippen LogP contribution in [0.1, 0.15) is 41.7 Å². The van der Waals surface area contributed by atoms with Crippen LogP contribution in [-0.4, -0.2) is 5.71 Å². The highest BCUT2D eigenvalue weighted by Gasteiger charge is 2.21. The number of aliphatic imine (C=N–C) groups is 1. The van der Waals surface area contributed by atoms with Crippen molar-refractivity contribution in [1.29, 1.82) is 0 Å². The normalized spacial score (nSPS) is 13.0. The van der Waals surface area contributed by atoms with Crippen LogP contribution in [0, 0.1) is 19.8 Å². The summed E-state index contributed by atoms with van der Waals surface area (Å²) in [6.45, 7) is 8.86. The maximum absolute atomic E-state index is 4.99. The van der Waals surface area contributed by atoms with Gasteiger partial charge in [-0.2, -0.15) is 0 Å². The Labute approximate surface area is 144 Å². The quantitative estimate of drug-likeness (QED) is 0.431. The van der Waals surface area contributed by atoms with Gasteiger partial charge in [0, 0.05) is 16.5 Å². The lowest BCUT2D eigenvalue weighted by Gasteiger charge is -2.11. The van der Waals surface area contributed by atoms with E-state index in [1.807, 2.05) is 0 Å². The zero-order chi connectivity index (χ0) is 16.8. The summed E-state index contributed by atoms with van der Waals surface area (Å²) in [5.74, 6) is 0.656. The Morgan fingerprint density at radius 2 is 1.67 bits per heavy atom. The van der Waals surface area contributed by atoms with E-state index in [4.69, 9.17) is 4.99 Å². The first kappa shape index (κ1) is 15.1. The van der Waals surface area contributed by atoms with Gasteiger partial charge in [-0.15, -0.1) is 0 Å². The Morgan fingerprint density at radius 1 is 0.917 bits per heavy atom. The van der Waals surface area contributed by atoms with Gasteiger partial charge in [0.05, 0.1) is 11.4 Å². The van der Waals surface area contributed by atoms with Crippen molar-refractivity contribution in [3.05, 3.63) is 76.3 Å². The van der Waals surface area contributed by atoms with Gasteiger partial charge in [0.25, 0.3) is 0 Å². The van der Waals surface area contributed by atoms with Gasteiger partial charge in [0.15, 0.2) is 0 Å². The Bertz CT molecular complexity index is 956. The molecule has 1 aliphatic heterocycles. The molecular formula is C23H23N. The first-order valence-corrected chi connectivity index (χ1v) is 8.75. The summed E-state index contributed by atoms with van der Waals surface area (Å²) in [4.78, 5) is 4.99. The number of rotatable bonds is 3. The highest BCUT2D eigenvalue weighted by molar-refractivity contribution is 6.26. The van der Waals surface area contributed by atoms with Gasteiger partial charge in [-0.05, 0) is 55.3 Å². The Balaban J connectivity index is 1.92. The maximum atomic E-state index is 4.99. The minimum Gasteiger partial charge on any atom is -0.247 e. The van der Waals surface area contributed by atoms with Gasteiger partial charge in [0.1, 0.15) is 0 Å². The van der Waals surface area contributed by atoms with Gasteiger partial charge < -0.3 is 0 Å². The van der Waals surface area contributed by atoms with Crippen LogP contribution >= 0.6 is 0 Å². The lowest BCUT2D eigenvalue weighted by molar-refractivity contribution is 0.650. The zero-order valence-electron chi connectivity index (χ0n) is 14.9. The summed E-state index contributed by atoms with van der Waals surface area (Å²) in [5, 5.41) is 2.69. The topological polar surface area (TPSA) is 12.4 Å². The van der Waals surface area contributed by atoms with Crippen LogP contribution in [0.5, 0.6) is 0 Å². The first-order valence-electron chi connectivity index (χ1n) is 8.75. The van der Waals surface area contributed by atoms with E-state index in [9.17, 15) is 0 Å². The molecule has 0 saturated carbocycles. The SMILES string of the molecule is Cc1cc(C)cc(C2=Nc3ccc(CC(C)C)c4cccc2c34)c1. The standard InChI is InChI=1S/C23H23N/c1-14(2)10-17-8-9-21-22-19(17)6-5-7-20(22)23(24-21)18-12-15(3)11-16(4)13-18/h5-9,11-14H,10H2,1-4H3. The van der Waals surface area contributed by atoms with E-state index in [2.05, 4.69) is 76.2 Å². The van der Waals surface area contributed by atoms with Crippen molar-refractivity contribution < 1.29 is 0 Å². The van der Waals surface area contributed by atoms with Crippen molar-refractivity contribution in [2.75, 3.05) is 0 Å². The van der Waals surface area contributed by atoms with Crippen molar-refractivity contribution in [1.82, 2.24) is 0 Å². The third kappa shape index (κ3) is 2.45. The van der Waals surface area contributed by atoms with Crippen LogP contribution < -0.4 is 0 Å². The Kier molecular flexibility index (Phi) is 3.53.